The molecular formula is C13H19NO. The Labute approximate surface area is 91.3 Å². The summed E-state index contributed by atoms with van der Waals surface area (Å²) >= 11 is 0. The SMILES string of the molecule is CC1CCC(c2ccoc2)N2CCCC12. The van der Waals surface area contributed by atoms with Crippen molar-refractivity contribution in [3.63, 3.8) is 0 Å². The minimum Gasteiger partial charge on any atom is -0.472 e. The third-order valence-corrected chi connectivity index (χ3v) is 4.22. The summed E-state index contributed by atoms with van der Waals surface area (Å²) in [5.74, 6) is 0.885. The molecule has 3 atom stereocenters. The molecule has 0 N–H and O–H groups in total. The van der Waals surface area contributed by atoms with Crippen LogP contribution in [0.1, 0.15) is 44.2 Å². The van der Waals surface area contributed by atoms with Gasteiger partial charge in [-0.2, -0.15) is 0 Å². The Morgan fingerprint density at radius 1 is 1.33 bits per heavy atom. The summed E-state index contributed by atoms with van der Waals surface area (Å²) in [6, 6.07) is 3.60. The molecule has 3 rings (SSSR count). The zero-order chi connectivity index (χ0) is 10.3. The van der Waals surface area contributed by atoms with Crippen molar-refractivity contribution >= 4 is 0 Å². The highest BCUT2D eigenvalue weighted by Crippen LogP contribution is 2.41. The van der Waals surface area contributed by atoms with Crippen LogP contribution in [0.2, 0.25) is 0 Å². The third-order valence-electron chi connectivity index (χ3n) is 4.22. The first-order valence-electron chi connectivity index (χ1n) is 6.14. The molecule has 0 aromatic carbocycles. The molecular weight excluding hydrogens is 186 g/mol. The monoisotopic (exact) mass is 205 g/mol. The second kappa shape index (κ2) is 3.67. The fourth-order valence-electron chi connectivity index (χ4n) is 3.41. The Kier molecular flexibility index (Phi) is 2.32. The molecule has 0 amide bonds. The van der Waals surface area contributed by atoms with E-state index in [0.717, 1.165) is 12.0 Å². The molecule has 2 saturated heterocycles. The van der Waals surface area contributed by atoms with Crippen molar-refractivity contribution in [3.05, 3.63) is 24.2 Å². The number of piperidine rings is 1. The first-order valence-corrected chi connectivity index (χ1v) is 6.14. The first kappa shape index (κ1) is 9.46. The molecule has 0 radical (unpaired) electrons. The topological polar surface area (TPSA) is 16.4 Å². The van der Waals surface area contributed by atoms with Crippen molar-refractivity contribution in [2.24, 2.45) is 5.92 Å². The lowest BCUT2D eigenvalue weighted by Crippen LogP contribution is -2.41. The van der Waals surface area contributed by atoms with Crippen LogP contribution in [0.3, 0.4) is 0 Å². The van der Waals surface area contributed by atoms with Crippen LogP contribution in [-0.4, -0.2) is 17.5 Å². The molecule has 2 aliphatic heterocycles. The van der Waals surface area contributed by atoms with Gasteiger partial charge in [-0.3, -0.25) is 4.90 Å². The van der Waals surface area contributed by atoms with E-state index in [4.69, 9.17) is 4.42 Å². The number of nitrogens with zero attached hydrogens (tertiary/aromatic N) is 1. The zero-order valence-corrected chi connectivity index (χ0v) is 9.36. The van der Waals surface area contributed by atoms with E-state index in [0.29, 0.717) is 6.04 Å². The number of rotatable bonds is 1. The largest absolute Gasteiger partial charge is 0.472 e. The van der Waals surface area contributed by atoms with Crippen molar-refractivity contribution in [1.29, 1.82) is 0 Å². The molecule has 2 nitrogen and oxygen atoms in total. The standard InChI is InChI=1S/C13H19NO/c1-10-4-5-13(11-6-8-15-9-11)14-7-2-3-12(10)14/h6,8-10,12-13H,2-5,7H2,1H3. The van der Waals surface area contributed by atoms with E-state index in [1.807, 2.05) is 6.26 Å². The number of hydrogen-bond acceptors (Lipinski definition) is 2. The summed E-state index contributed by atoms with van der Waals surface area (Å²) in [5.41, 5.74) is 1.38. The molecule has 2 aliphatic rings. The van der Waals surface area contributed by atoms with Gasteiger partial charge in [0.25, 0.3) is 0 Å². The molecule has 1 aromatic heterocycles. The Morgan fingerprint density at radius 2 is 2.27 bits per heavy atom. The Hall–Kier alpha value is -0.760. The lowest BCUT2D eigenvalue weighted by molar-refractivity contribution is 0.0812. The summed E-state index contributed by atoms with van der Waals surface area (Å²) in [7, 11) is 0. The van der Waals surface area contributed by atoms with Gasteiger partial charge < -0.3 is 4.42 Å². The summed E-state index contributed by atoms with van der Waals surface area (Å²) in [4.78, 5) is 2.71. The number of furan rings is 1. The van der Waals surface area contributed by atoms with Crippen LogP contribution in [0.5, 0.6) is 0 Å². The highest BCUT2D eigenvalue weighted by atomic mass is 16.3. The van der Waals surface area contributed by atoms with Crippen molar-refractivity contribution < 1.29 is 4.42 Å². The smallest absolute Gasteiger partial charge is 0.0950 e. The summed E-state index contributed by atoms with van der Waals surface area (Å²) in [6.45, 7) is 3.69. The maximum atomic E-state index is 5.22. The van der Waals surface area contributed by atoms with E-state index in [-0.39, 0.29) is 0 Å². The highest BCUT2D eigenvalue weighted by molar-refractivity contribution is 5.14. The van der Waals surface area contributed by atoms with Gasteiger partial charge in [0.1, 0.15) is 0 Å². The molecule has 0 aliphatic carbocycles. The molecule has 3 unspecified atom stereocenters. The lowest BCUT2D eigenvalue weighted by atomic mass is 9.85. The van der Waals surface area contributed by atoms with Crippen LogP contribution in [0.15, 0.2) is 23.0 Å². The molecule has 15 heavy (non-hydrogen) atoms. The highest BCUT2D eigenvalue weighted by Gasteiger charge is 2.38. The quantitative estimate of drug-likeness (QED) is 0.700. The minimum atomic E-state index is 0.632. The Bertz CT molecular complexity index is 319. The van der Waals surface area contributed by atoms with Crippen molar-refractivity contribution in [2.45, 2.75) is 44.7 Å². The van der Waals surface area contributed by atoms with Gasteiger partial charge in [0.15, 0.2) is 0 Å². The van der Waals surface area contributed by atoms with Gasteiger partial charge in [-0.1, -0.05) is 6.92 Å². The van der Waals surface area contributed by atoms with Crippen LogP contribution in [-0.2, 0) is 0 Å². The third kappa shape index (κ3) is 1.51. The van der Waals surface area contributed by atoms with Crippen molar-refractivity contribution in [2.75, 3.05) is 6.54 Å². The van der Waals surface area contributed by atoms with E-state index in [1.165, 1.54) is 37.8 Å². The average molecular weight is 205 g/mol. The van der Waals surface area contributed by atoms with Crippen LogP contribution in [0.25, 0.3) is 0 Å². The van der Waals surface area contributed by atoms with E-state index in [9.17, 15) is 0 Å². The lowest BCUT2D eigenvalue weighted by Gasteiger charge is -2.41. The summed E-state index contributed by atoms with van der Waals surface area (Å²) < 4.78 is 5.22. The van der Waals surface area contributed by atoms with Gasteiger partial charge in [0.05, 0.1) is 12.5 Å². The molecule has 0 saturated carbocycles. The Balaban J connectivity index is 1.85. The zero-order valence-electron chi connectivity index (χ0n) is 9.36. The van der Waals surface area contributed by atoms with E-state index >= 15 is 0 Å². The maximum absolute atomic E-state index is 5.22. The fourth-order valence-corrected chi connectivity index (χ4v) is 3.41. The van der Waals surface area contributed by atoms with Crippen molar-refractivity contribution in [1.82, 2.24) is 4.90 Å². The van der Waals surface area contributed by atoms with Gasteiger partial charge in [-0.15, -0.1) is 0 Å². The predicted molar refractivity (Wildman–Crippen MR) is 59.6 cm³/mol. The van der Waals surface area contributed by atoms with Gasteiger partial charge >= 0.3 is 0 Å². The van der Waals surface area contributed by atoms with Crippen LogP contribution in [0.4, 0.5) is 0 Å². The normalized spacial score (nSPS) is 36.7. The van der Waals surface area contributed by atoms with E-state index < -0.39 is 0 Å². The molecule has 82 valence electrons. The van der Waals surface area contributed by atoms with Crippen LogP contribution < -0.4 is 0 Å². The summed E-state index contributed by atoms with van der Waals surface area (Å²) in [6.07, 6.45) is 9.18. The molecule has 2 fully saturated rings. The predicted octanol–water partition coefficient (Wildman–Crippen LogP) is 3.22. The molecule has 0 bridgehead atoms. The fraction of sp³-hybridized carbons (Fsp3) is 0.692. The van der Waals surface area contributed by atoms with Crippen LogP contribution >= 0.6 is 0 Å². The molecule has 0 spiro atoms. The second-order valence-corrected chi connectivity index (χ2v) is 5.07. The van der Waals surface area contributed by atoms with E-state index in [1.54, 1.807) is 6.26 Å². The Morgan fingerprint density at radius 3 is 3.07 bits per heavy atom. The molecule has 1 aromatic rings. The van der Waals surface area contributed by atoms with Crippen LogP contribution in [0, 0.1) is 5.92 Å². The number of hydrogen-bond donors (Lipinski definition) is 0. The molecule has 2 heteroatoms. The number of fused-ring (bicyclic) bond motifs is 1. The van der Waals surface area contributed by atoms with Gasteiger partial charge in [-0.05, 0) is 44.2 Å². The van der Waals surface area contributed by atoms with E-state index in [2.05, 4.69) is 17.9 Å². The summed E-state index contributed by atoms with van der Waals surface area (Å²) in [5, 5.41) is 0. The minimum absolute atomic E-state index is 0.632. The first-order chi connectivity index (χ1) is 7.36. The average Bonchev–Trinajstić information content (AvgIpc) is 2.88. The molecule has 3 heterocycles. The van der Waals surface area contributed by atoms with Crippen molar-refractivity contribution in [3.8, 4) is 0 Å². The maximum Gasteiger partial charge on any atom is 0.0950 e. The van der Waals surface area contributed by atoms with Gasteiger partial charge in [-0.25, -0.2) is 0 Å². The van der Waals surface area contributed by atoms with Gasteiger partial charge in [0.2, 0.25) is 0 Å². The second-order valence-electron chi connectivity index (χ2n) is 5.07. The van der Waals surface area contributed by atoms with Gasteiger partial charge in [0, 0.05) is 17.6 Å².